The number of aromatic nitrogens is 2. The lowest BCUT2D eigenvalue weighted by atomic mass is 10.1. The van der Waals surface area contributed by atoms with E-state index in [4.69, 9.17) is 0 Å². The molecule has 0 amide bonds. The molecule has 0 radical (unpaired) electrons. The van der Waals surface area contributed by atoms with Crippen molar-refractivity contribution in [3.8, 4) is 0 Å². The minimum atomic E-state index is -0.274. The van der Waals surface area contributed by atoms with Crippen LogP contribution in [0.1, 0.15) is 25.1 Å². The Morgan fingerprint density at radius 2 is 2.14 bits per heavy atom. The molecule has 1 N–H and O–H groups in total. The highest BCUT2D eigenvalue weighted by molar-refractivity contribution is 7.19. The Hall–Kier alpha value is -2.35. The Bertz CT molecular complexity index is 1230. The molecule has 0 aliphatic carbocycles. The number of fused-ring (bicyclic) bond motifs is 2. The van der Waals surface area contributed by atoms with Crippen LogP contribution in [0.15, 0.2) is 42.0 Å². The number of halogens is 1. The molecule has 1 unspecified atom stereocenters. The smallest absolute Gasteiger partial charge is 0.148 e. The first-order valence-corrected chi connectivity index (χ1v) is 11.5. The number of rotatable bonds is 5. The number of thiazole rings is 1. The van der Waals surface area contributed by atoms with Crippen LogP contribution >= 0.6 is 22.7 Å². The van der Waals surface area contributed by atoms with Gasteiger partial charge in [0.15, 0.2) is 0 Å². The maximum atomic E-state index is 14.6. The Morgan fingerprint density at radius 3 is 3.00 bits per heavy atom. The summed E-state index contributed by atoms with van der Waals surface area (Å²) in [5.41, 5.74) is 5.20. The van der Waals surface area contributed by atoms with E-state index >= 15 is 0 Å². The predicted molar refractivity (Wildman–Crippen MR) is 122 cm³/mol. The fraction of sp³-hybridized carbons (Fsp3) is 0.273. The number of nitrogens with one attached hydrogen (secondary N) is 1. The zero-order chi connectivity index (χ0) is 20.0. The van der Waals surface area contributed by atoms with E-state index in [2.05, 4.69) is 46.2 Å². The van der Waals surface area contributed by atoms with Crippen LogP contribution in [0.5, 0.6) is 0 Å². The molecule has 148 valence electrons. The molecule has 1 atom stereocenters. The number of nitrogens with zero attached hydrogens (tertiary/aromatic N) is 3. The number of pyridine rings is 1. The van der Waals surface area contributed by atoms with E-state index < -0.39 is 0 Å². The zero-order valence-corrected chi connectivity index (χ0v) is 17.9. The molecule has 7 heteroatoms. The number of anilines is 2. The van der Waals surface area contributed by atoms with Crippen LogP contribution in [0.2, 0.25) is 0 Å². The molecule has 0 fully saturated rings. The van der Waals surface area contributed by atoms with E-state index in [1.54, 1.807) is 35.2 Å². The van der Waals surface area contributed by atoms with Crippen molar-refractivity contribution in [2.75, 3.05) is 18.4 Å². The Kier molecular flexibility index (Phi) is 4.81. The van der Waals surface area contributed by atoms with Gasteiger partial charge in [0.25, 0.3) is 0 Å². The van der Waals surface area contributed by atoms with Gasteiger partial charge in [-0.2, -0.15) is 0 Å². The van der Waals surface area contributed by atoms with Crippen LogP contribution in [-0.4, -0.2) is 34.0 Å². The van der Waals surface area contributed by atoms with Crippen molar-refractivity contribution in [2.24, 2.45) is 0 Å². The molecule has 1 aliphatic rings. The normalized spacial score (nSPS) is 17.3. The molecule has 3 aromatic heterocycles. The van der Waals surface area contributed by atoms with Crippen LogP contribution in [0.25, 0.3) is 26.0 Å². The largest absolute Gasteiger partial charge is 0.352 e. The van der Waals surface area contributed by atoms with Crippen molar-refractivity contribution < 1.29 is 4.39 Å². The standard InChI is InChI=1S/C22H21FN4S2/c1-3-7-27-8-5-14(13(27)2)20-9-15-17(4-6-24-22(15)29-20)26-18-11-19-21(10-16(18)23)28-12-25-19/h4-6,9-13H,3,7-8H2,1-2H3,(H,24,26). The second-order valence-electron chi connectivity index (χ2n) is 7.30. The summed E-state index contributed by atoms with van der Waals surface area (Å²) in [6, 6.07) is 7.81. The Balaban J connectivity index is 1.50. The van der Waals surface area contributed by atoms with Crippen molar-refractivity contribution in [1.82, 2.24) is 14.9 Å². The highest BCUT2D eigenvalue weighted by atomic mass is 32.1. The van der Waals surface area contributed by atoms with Crippen molar-refractivity contribution in [2.45, 2.75) is 26.3 Å². The van der Waals surface area contributed by atoms with Gasteiger partial charge in [0, 0.05) is 29.0 Å². The van der Waals surface area contributed by atoms with E-state index in [0.717, 1.165) is 45.6 Å². The summed E-state index contributed by atoms with van der Waals surface area (Å²) >= 11 is 3.14. The lowest BCUT2D eigenvalue weighted by Crippen LogP contribution is -2.29. The predicted octanol–water partition coefficient (Wildman–Crippen LogP) is 6.29. The molecule has 1 aliphatic heterocycles. The molecule has 5 rings (SSSR count). The summed E-state index contributed by atoms with van der Waals surface area (Å²) in [4.78, 5) is 13.5. The SMILES string of the molecule is CCCN1CC=C(c2cc3c(Nc4cc5ncsc5cc4F)ccnc3s2)C1C. The first kappa shape index (κ1) is 18.7. The van der Waals surface area contributed by atoms with Crippen LogP contribution in [-0.2, 0) is 0 Å². The molecule has 4 heterocycles. The molecule has 0 spiro atoms. The van der Waals surface area contributed by atoms with Crippen molar-refractivity contribution in [3.05, 3.63) is 52.7 Å². The fourth-order valence-electron chi connectivity index (χ4n) is 3.93. The second kappa shape index (κ2) is 7.48. The maximum absolute atomic E-state index is 14.6. The van der Waals surface area contributed by atoms with E-state index in [1.165, 1.54) is 21.8 Å². The third kappa shape index (κ3) is 3.33. The molecular formula is C22H21FN4S2. The van der Waals surface area contributed by atoms with Crippen LogP contribution in [0.4, 0.5) is 15.8 Å². The monoisotopic (exact) mass is 424 g/mol. The van der Waals surface area contributed by atoms with Gasteiger partial charge >= 0.3 is 0 Å². The summed E-state index contributed by atoms with van der Waals surface area (Å²) in [5.74, 6) is -0.274. The minimum Gasteiger partial charge on any atom is -0.352 e. The Labute approximate surface area is 176 Å². The average molecular weight is 425 g/mol. The number of hydrogen-bond donors (Lipinski definition) is 1. The first-order valence-electron chi connectivity index (χ1n) is 9.77. The zero-order valence-electron chi connectivity index (χ0n) is 16.3. The third-order valence-corrected chi connectivity index (χ3v) is 7.35. The molecule has 1 aromatic carbocycles. The summed E-state index contributed by atoms with van der Waals surface area (Å²) in [5, 5.41) is 4.29. The van der Waals surface area contributed by atoms with Gasteiger partial charge < -0.3 is 5.32 Å². The summed E-state index contributed by atoms with van der Waals surface area (Å²) in [6.45, 7) is 6.59. The first-order chi connectivity index (χ1) is 14.1. The number of benzene rings is 1. The quantitative estimate of drug-likeness (QED) is 0.409. The number of thiophene rings is 1. The lowest BCUT2D eigenvalue weighted by molar-refractivity contribution is 0.291. The van der Waals surface area contributed by atoms with E-state index in [1.807, 2.05) is 6.07 Å². The van der Waals surface area contributed by atoms with Gasteiger partial charge in [0.1, 0.15) is 10.6 Å². The van der Waals surface area contributed by atoms with Crippen molar-refractivity contribution in [1.29, 1.82) is 0 Å². The van der Waals surface area contributed by atoms with Gasteiger partial charge in [-0.15, -0.1) is 22.7 Å². The molecule has 0 saturated carbocycles. The van der Waals surface area contributed by atoms with Crippen molar-refractivity contribution in [3.63, 3.8) is 0 Å². The average Bonchev–Trinajstić information content (AvgIpc) is 3.42. The molecule has 4 aromatic rings. The van der Waals surface area contributed by atoms with Gasteiger partial charge in [-0.05, 0) is 49.7 Å². The van der Waals surface area contributed by atoms with Crippen LogP contribution in [0.3, 0.4) is 0 Å². The maximum Gasteiger partial charge on any atom is 0.148 e. The van der Waals surface area contributed by atoms with Crippen LogP contribution < -0.4 is 5.32 Å². The van der Waals surface area contributed by atoms with Gasteiger partial charge in [-0.25, -0.2) is 14.4 Å². The summed E-state index contributed by atoms with van der Waals surface area (Å²) in [6.07, 6.45) is 5.26. The molecule has 0 saturated heterocycles. The summed E-state index contributed by atoms with van der Waals surface area (Å²) < 4.78 is 15.4. The fourth-order valence-corrected chi connectivity index (χ4v) is 5.76. The van der Waals surface area contributed by atoms with Crippen LogP contribution in [0, 0.1) is 5.82 Å². The van der Waals surface area contributed by atoms with Gasteiger partial charge in [0.2, 0.25) is 0 Å². The summed E-state index contributed by atoms with van der Waals surface area (Å²) in [7, 11) is 0. The molecular weight excluding hydrogens is 403 g/mol. The van der Waals surface area contributed by atoms with E-state index in [-0.39, 0.29) is 5.82 Å². The van der Waals surface area contributed by atoms with E-state index in [9.17, 15) is 4.39 Å². The van der Waals surface area contributed by atoms with Gasteiger partial charge in [0.05, 0.1) is 27.1 Å². The van der Waals surface area contributed by atoms with Crippen molar-refractivity contribution >= 4 is 60.1 Å². The lowest BCUT2D eigenvalue weighted by Gasteiger charge is -2.22. The van der Waals surface area contributed by atoms with Gasteiger partial charge in [-0.1, -0.05) is 13.0 Å². The highest BCUT2D eigenvalue weighted by Crippen LogP contribution is 2.38. The second-order valence-corrected chi connectivity index (χ2v) is 9.21. The minimum absolute atomic E-state index is 0.274. The molecule has 4 nitrogen and oxygen atoms in total. The highest BCUT2D eigenvalue weighted by Gasteiger charge is 2.25. The topological polar surface area (TPSA) is 41.0 Å². The Morgan fingerprint density at radius 1 is 1.24 bits per heavy atom. The van der Waals surface area contributed by atoms with E-state index in [0.29, 0.717) is 11.7 Å². The molecule has 0 bridgehead atoms. The number of hydrogen-bond acceptors (Lipinski definition) is 6. The third-order valence-electron chi connectivity index (χ3n) is 5.46. The molecule has 29 heavy (non-hydrogen) atoms. The van der Waals surface area contributed by atoms with Gasteiger partial charge in [-0.3, -0.25) is 4.90 Å².